The average molecular weight is 433 g/mol. The van der Waals surface area contributed by atoms with E-state index in [4.69, 9.17) is 18.9 Å². The number of benzene rings is 3. The van der Waals surface area contributed by atoms with Crippen LogP contribution in [0.25, 0.3) is 0 Å². The number of ether oxygens (including phenoxy) is 4. The normalized spacial score (nSPS) is 26.7. The maximum absolute atomic E-state index is 10.9. The summed E-state index contributed by atoms with van der Waals surface area (Å²) in [5.41, 5.74) is 2.13. The van der Waals surface area contributed by atoms with Crippen LogP contribution >= 0.6 is 0 Å². The van der Waals surface area contributed by atoms with E-state index < -0.39 is 36.0 Å². The zero-order valence-corrected chi connectivity index (χ0v) is 18.3. The highest BCUT2D eigenvalue weighted by Gasteiger charge is 2.54. The molecule has 5 heteroatoms. The minimum absolute atomic E-state index is 0.167. The first kappa shape index (κ1) is 21.3. The van der Waals surface area contributed by atoms with Gasteiger partial charge < -0.3 is 24.1 Å². The molecule has 0 amide bonds. The maximum atomic E-state index is 10.9. The van der Waals surface area contributed by atoms with Crippen LogP contribution in [0.5, 0.6) is 0 Å². The first-order valence-corrected chi connectivity index (χ1v) is 11.0. The molecule has 4 atom stereocenters. The predicted octanol–water partition coefficient (Wildman–Crippen LogP) is 4.23. The number of fused-ring (bicyclic) bond motifs is 1. The average Bonchev–Trinajstić information content (AvgIpc) is 3.28. The third-order valence-electron chi connectivity index (χ3n) is 6.12. The van der Waals surface area contributed by atoms with Crippen molar-refractivity contribution in [2.24, 2.45) is 0 Å². The first-order valence-electron chi connectivity index (χ1n) is 11.0. The van der Waals surface area contributed by atoms with Gasteiger partial charge in [-0.2, -0.15) is 0 Å². The lowest BCUT2D eigenvalue weighted by molar-refractivity contribution is -0.223. The van der Waals surface area contributed by atoms with Gasteiger partial charge in [0.2, 0.25) is 0 Å². The molecule has 1 N–H and O–H groups in total. The molecule has 2 aliphatic rings. The Morgan fingerprint density at radius 1 is 0.781 bits per heavy atom. The molecule has 32 heavy (non-hydrogen) atoms. The molecule has 3 aromatic rings. The van der Waals surface area contributed by atoms with E-state index in [1.807, 2.05) is 68.4 Å². The monoisotopic (exact) mass is 432 g/mol. The molecule has 0 radical (unpaired) electrons. The van der Waals surface area contributed by atoms with Crippen molar-refractivity contribution in [3.63, 3.8) is 0 Å². The summed E-state index contributed by atoms with van der Waals surface area (Å²) in [5.74, 6) is -0.774. The largest absolute Gasteiger partial charge is 0.387 e. The van der Waals surface area contributed by atoms with Crippen LogP contribution in [0, 0.1) is 0 Å². The van der Waals surface area contributed by atoms with Crippen LogP contribution in [0.2, 0.25) is 0 Å². The van der Waals surface area contributed by atoms with Gasteiger partial charge in [-0.25, -0.2) is 0 Å². The highest BCUT2D eigenvalue weighted by atomic mass is 16.8. The summed E-state index contributed by atoms with van der Waals surface area (Å²) >= 11 is 0. The topological polar surface area (TPSA) is 57.2 Å². The molecule has 3 aromatic carbocycles. The molecule has 0 bridgehead atoms. The van der Waals surface area contributed by atoms with Crippen LogP contribution in [0.15, 0.2) is 91.0 Å². The van der Waals surface area contributed by atoms with Crippen molar-refractivity contribution in [3.8, 4) is 0 Å². The van der Waals surface area contributed by atoms with Gasteiger partial charge in [-0.15, -0.1) is 0 Å². The Kier molecular flexibility index (Phi) is 5.61. The number of aliphatic hydroxyl groups excluding tert-OH is 1. The lowest BCUT2D eigenvalue weighted by Gasteiger charge is -2.37. The van der Waals surface area contributed by atoms with Gasteiger partial charge in [0.15, 0.2) is 12.1 Å². The van der Waals surface area contributed by atoms with E-state index in [0.717, 1.165) is 16.7 Å². The Morgan fingerprint density at radius 3 is 1.69 bits per heavy atom. The molecule has 2 saturated heterocycles. The molecule has 5 rings (SSSR count). The predicted molar refractivity (Wildman–Crippen MR) is 120 cm³/mol. The van der Waals surface area contributed by atoms with Crippen molar-refractivity contribution in [1.82, 2.24) is 0 Å². The van der Waals surface area contributed by atoms with Gasteiger partial charge in [-0.3, -0.25) is 0 Å². The molecular formula is C27H28O5. The molecule has 4 unspecified atom stereocenters. The Bertz CT molecular complexity index is 925. The van der Waals surface area contributed by atoms with Crippen molar-refractivity contribution in [1.29, 1.82) is 0 Å². The Morgan fingerprint density at radius 2 is 1.25 bits per heavy atom. The lowest BCUT2D eigenvalue weighted by atomic mass is 9.80. The van der Waals surface area contributed by atoms with E-state index in [-0.39, 0.29) is 6.61 Å². The Hall–Kier alpha value is -2.54. The van der Waals surface area contributed by atoms with Gasteiger partial charge in [0.25, 0.3) is 0 Å². The summed E-state index contributed by atoms with van der Waals surface area (Å²) in [5, 5.41) is 10.9. The standard InChI is InChI=1S/C27H28O5/c1-26(2)31-24-23(28)22(30-25(24)32-26)18-29-27(19-12-6-3-7-13-19,20-14-8-4-9-15-20)21-16-10-5-11-17-21/h3-17,22-25,28H,18H2,1-2H3. The first-order chi connectivity index (χ1) is 15.5. The second-order valence-corrected chi connectivity index (χ2v) is 8.72. The second kappa shape index (κ2) is 8.43. The highest BCUT2D eigenvalue weighted by molar-refractivity contribution is 5.47. The SMILES string of the molecule is CC1(C)OC2OC(COC(c3ccccc3)(c3ccccc3)c3ccccc3)C(O)C2O1. The van der Waals surface area contributed by atoms with E-state index in [9.17, 15) is 5.11 Å². The quantitative estimate of drug-likeness (QED) is 0.591. The van der Waals surface area contributed by atoms with Gasteiger partial charge >= 0.3 is 0 Å². The van der Waals surface area contributed by atoms with E-state index in [0.29, 0.717) is 0 Å². The molecule has 166 valence electrons. The van der Waals surface area contributed by atoms with Crippen LogP contribution in [0.3, 0.4) is 0 Å². The zero-order chi connectivity index (χ0) is 22.2. The van der Waals surface area contributed by atoms with Gasteiger partial charge in [-0.1, -0.05) is 91.0 Å². The van der Waals surface area contributed by atoms with E-state index in [1.165, 1.54) is 0 Å². The summed E-state index contributed by atoms with van der Waals surface area (Å²) in [6.45, 7) is 3.80. The fourth-order valence-electron chi connectivity index (χ4n) is 4.67. The third kappa shape index (κ3) is 3.76. The van der Waals surface area contributed by atoms with Gasteiger partial charge in [0.1, 0.15) is 23.9 Å². The van der Waals surface area contributed by atoms with Crippen molar-refractivity contribution in [2.75, 3.05) is 6.61 Å². The van der Waals surface area contributed by atoms with Crippen LogP contribution in [0.1, 0.15) is 30.5 Å². The summed E-state index contributed by atoms with van der Waals surface area (Å²) < 4.78 is 24.4. The van der Waals surface area contributed by atoms with Crippen LogP contribution < -0.4 is 0 Å². The molecule has 2 aliphatic heterocycles. The number of aliphatic hydroxyl groups is 1. The molecule has 0 saturated carbocycles. The third-order valence-corrected chi connectivity index (χ3v) is 6.12. The minimum Gasteiger partial charge on any atom is -0.387 e. The molecule has 2 fully saturated rings. The van der Waals surface area contributed by atoms with E-state index >= 15 is 0 Å². The zero-order valence-electron chi connectivity index (χ0n) is 18.3. The summed E-state index contributed by atoms with van der Waals surface area (Å²) in [6, 6.07) is 30.4. The smallest absolute Gasteiger partial charge is 0.190 e. The van der Waals surface area contributed by atoms with Crippen molar-refractivity contribution in [2.45, 2.75) is 49.8 Å². The summed E-state index contributed by atoms with van der Waals surface area (Å²) in [4.78, 5) is 0. The van der Waals surface area contributed by atoms with Crippen LogP contribution in [0.4, 0.5) is 0 Å². The van der Waals surface area contributed by atoms with Gasteiger partial charge in [-0.05, 0) is 30.5 Å². The molecule has 5 nitrogen and oxygen atoms in total. The van der Waals surface area contributed by atoms with E-state index in [1.54, 1.807) is 0 Å². The Labute approximate surface area is 188 Å². The number of hydrogen-bond donors (Lipinski definition) is 1. The summed E-state index contributed by atoms with van der Waals surface area (Å²) in [6.07, 6.45) is -2.55. The van der Waals surface area contributed by atoms with Crippen molar-refractivity contribution >= 4 is 0 Å². The van der Waals surface area contributed by atoms with Crippen molar-refractivity contribution < 1.29 is 24.1 Å². The lowest BCUT2D eigenvalue weighted by Crippen LogP contribution is -2.40. The minimum atomic E-state index is -0.869. The Balaban J connectivity index is 1.51. The highest BCUT2D eigenvalue weighted by Crippen LogP contribution is 2.42. The molecular weight excluding hydrogens is 404 g/mol. The van der Waals surface area contributed by atoms with Gasteiger partial charge in [0.05, 0.1) is 6.61 Å². The number of hydrogen-bond acceptors (Lipinski definition) is 5. The molecule has 2 heterocycles. The van der Waals surface area contributed by atoms with E-state index in [2.05, 4.69) is 36.4 Å². The fraction of sp³-hybridized carbons (Fsp3) is 0.333. The molecule has 0 aromatic heterocycles. The molecule has 0 spiro atoms. The second-order valence-electron chi connectivity index (χ2n) is 8.72. The van der Waals surface area contributed by atoms with Gasteiger partial charge in [0, 0.05) is 0 Å². The van der Waals surface area contributed by atoms with Crippen molar-refractivity contribution in [3.05, 3.63) is 108 Å². The fourth-order valence-corrected chi connectivity index (χ4v) is 4.67. The van der Waals surface area contributed by atoms with Crippen LogP contribution in [-0.4, -0.2) is 42.1 Å². The molecule has 0 aliphatic carbocycles. The number of rotatable bonds is 6. The maximum Gasteiger partial charge on any atom is 0.190 e. The van der Waals surface area contributed by atoms with Crippen LogP contribution in [-0.2, 0) is 24.5 Å². The summed E-state index contributed by atoms with van der Waals surface area (Å²) in [7, 11) is 0.